The number of rotatable bonds is 7. The first-order valence-electron chi connectivity index (χ1n) is 5.71. The van der Waals surface area contributed by atoms with Gasteiger partial charge in [-0.2, -0.15) is 0 Å². The highest BCUT2D eigenvalue weighted by Gasteiger charge is 2.08. The van der Waals surface area contributed by atoms with E-state index in [2.05, 4.69) is 35.1 Å². The van der Waals surface area contributed by atoms with Crippen LogP contribution < -0.4 is 5.32 Å². The summed E-state index contributed by atoms with van der Waals surface area (Å²) < 4.78 is 11.1. The van der Waals surface area contributed by atoms with E-state index in [4.69, 9.17) is 9.15 Å². The lowest BCUT2D eigenvalue weighted by atomic mass is 10.1. The van der Waals surface area contributed by atoms with Crippen LogP contribution in [0.2, 0.25) is 0 Å². The van der Waals surface area contributed by atoms with Crippen LogP contribution in [-0.4, -0.2) is 25.7 Å². The molecule has 0 atom stereocenters. The first-order chi connectivity index (χ1) is 8.09. The Bertz CT molecular complexity index is 349. The molecule has 0 saturated heterocycles. The zero-order chi connectivity index (χ0) is 12.7. The predicted molar refractivity (Wildman–Crippen MR) is 69.0 cm³/mol. The van der Waals surface area contributed by atoms with Gasteiger partial charge in [0.05, 0.1) is 6.61 Å². The molecule has 96 valence electrons. The zero-order valence-electron chi connectivity index (χ0n) is 10.2. The number of hydrogen-bond donors (Lipinski definition) is 1. The third-order valence-corrected chi connectivity index (χ3v) is 2.59. The smallest absolute Gasteiger partial charge is 0.287 e. The van der Waals surface area contributed by atoms with Gasteiger partial charge in [0.2, 0.25) is 0 Å². The minimum absolute atomic E-state index is 0.219. The minimum atomic E-state index is -0.219. The molecule has 0 bridgehead atoms. The van der Waals surface area contributed by atoms with E-state index < -0.39 is 0 Å². The van der Waals surface area contributed by atoms with Crippen molar-refractivity contribution < 1.29 is 13.9 Å². The molecule has 0 saturated carbocycles. The van der Waals surface area contributed by atoms with E-state index in [1.807, 2.05) is 0 Å². The van der Waals surface area contributed by atoms with E-state index >= 15 is 0 Å². The van der Waals surface area contributed by atoms with Crippen molar-refractivity contribution in [1.29, 1.82) is 0 Å². The fraction of sp³-hybridized carbons (Fsp3) is 0.583. The molecule has 0 fully saturated rings. The molecule has 1 heterocycles. The number of ether oxygens (including phenoxy) is 1. The summed E-state index contributed by atoms with van der Waals surface area (Å²) in [5, 5.41) is 2.72. The average molecular weight is 304 g/mol. The highest BCUT2D eigenvalue weighted by molar-refractivity contribution is 9.10. The molecule has 1 aromatic heterocycles. The maximum atomic E-state index is 11.5. The van der Waals surface area contributed by atoms with Crippen LogP contribution in [0, 0.1) is 5.92 Å². The summed E-state index contributed by atoms with van der Waals surface area (Å²) in [5.41, 5.74) is 0. The monoisotopic (exact) mass is 303 g/mol. The van der Waals surface area contributed by atoms with Crippen LogP contribution in [0.3, 0.4) is 0 Å². The highest BCUT2D eigenvalue weighted by Crippen LogP contribution is 2.13. The van der Waals surface area contributed by atoms with Crippen molar-refractivity contribution >= 4 is 21.8 Å². The number of furan rings is 1. The van der Waals surface area contributed by atoms with Crippen LogP contribution in [0.1, 0.15) is 30.8 Å². The summed E-state index contributed by atoms with van der Waals surface area (Å²) in [6.07, 6.45) is 1.04. The van der Waals surface area contributed by atoms with Crippen molar-refractivity contribution in [3.8, 4) is 0 Å². The Morgan fingerprint density at radius 1 is 1.47 bits per heavy atom. The third-order valence-electron chi connectivity index (χ3n) is 2.17. The molecule has 1 amide bonds. The molecule has 5 heteroatoms. The maximum absolute atomic E-state index is 11.5. The minimum Gasteiger partial charge on any atom is -0.444 e. The van der Waals surface area contributed by atoms with E-state index in [-0.39, 0.29) is 5.91 Å². The molecular weight excluding hydrogens is 286 g/mol. The molecular formula is C12H18BrNO3. The molecule has 0 aliphatic rings. The molecule has 0 unspecified atom stereocenters. The van der Waals surface area contributed by atoms with Crippen molar-refractivity contribution in [3.63, 3.8) is 0 Å². The Morgan fingerprint density at radius 2 is 2.24 bits per heavy atom. The van der Waals surface area contributed by atoms with Gasteiger partial charge in [-0.25, -0.2) is 0 Å². The predicted octanol–water partition coefficient (Wildman–Crippen LogP) is 2.83. The van der Waals surface area contributed by atoms with Gasteiger partial charge in [0.1, 0.15) is 0 Å². The lowest BCUT2D eigenvalue weighted by Crippen LogP contribution is -2.27. The Hall–Kier alpha value is -0.810. The molecule has 4 nitrogen and oxygen atoms in total. The molecule has 1 aromatic rings. The SMILES string of the molecule is CC(C)CCOCCNC(=O)c1ccc(Br)o1. The van der Waals surface area contributed by atoms with Gasteiger partial charge in [0.25, 0.3) is 5.91 Å². The maximum Gasteiger partial charge on any atom is 0.287 e. The van der Waals surface area contributed by atoms with Gasteiger partial charge >= 0.3 is 0 Å². The fourth-order valence-electron chi connectivity index (χ4n) is 1.18. The highest BCUT2D eigenvalue weighted by atomic mass is 79.9. The van der Waals surface area contributed by atoms with Gasteiger partial charge in [-0.15, -0.1) is 0 Å². The standard InChI is InChI=1S/C12H18BrNO3/c1-9(2)5-7-16-8-6-14-12(15)10-3-4-11(13)17-10/h3-4,9H,5-8H2,1-2H3,(H,14,15). The lowest BCUT2D eigenvalue weighted by Gasteiger charge is -2.06. The summed E-state index contributed by atoms with van der Waals surface area (Å²) in [5.74, 6) is 0.729. The van der Waals surface area contributed by atoms with E-state index in [0.717, 1.165) is 13.0 Å². The van der Waals surface area contributed by atoms with Crippen LogP contribution >= 0.6 is 15.9 Å². The number of carbonyl (C=O) groups is 1. The van der Waals surface area contributed by atoms with Crippen LogP contribution in [0.5, 0.6) is 0 Å². The lowest BCUT2D eigenvalue weighted by molar-refractivity contribution is 0.0879. The second-order valence-electron chi connectivity index (χ2n) is 4.15. The van der Waals surface area contributed by atoms with Gasteiger partial charge in [0, 0.05) is 13.2 Å². The van der Waals surface area contributed by atoms with Crippen LogP contribution in [-0.2, 0) is 4.74 Å². The molecule has 17 heavy (non-hydrogen) atoms. The molecule has 0 spiro atoms. The van der Waals surface area contributed by atoms with Gasteiger partial charge < -0.3 is 14.5 Å². The van der Waals surface area contributed by atoms with Gasteiger partial charge in [-0.1, -0.05) is 13.8 Å². The van der Waals surface area contributed by atoms with Crippen LogP contribution in [0.4, 0.5) is 0 Å². The molecule has 1 rings (SSSR count). The van der Waals surface area contributed by atoms with Crippen molar-refractivity contribution in [3.05, 3.63) is 22.6 Å². The van der Waals surface area contributed by atoms with Gasteiger partial charge in [-0.3, -0.25) is 4.79 Å². The Kier molecular flexibility index (Phi) is 6.29. The van der Waals surface area contributed by atoms with E-state index in [0.29, 0.717) is 29.5 Å². The van der Waals surface area contributed by atoms with Gasteiger partial charge in [0.15, 0.2) is 10.4 Å². The summed E-state index contributed by atoms with van der Waals surface area (Å²) in [7, 11) is 0. The Balaban J connectivity index is 2.09. The van der Waals surface area contributed by atoms with Crippen LogP contribution in [0.15, 0.2) is 21.2 Å². The normalized spacial score (nSPS) is 10.8. The van der Waals surface area contributed by atoms with Crippen molar-refractivity contribution in [2.45, 2.75) is 20.3 Å². The third kappa shape index (κ3) is 5.89. The first kappa shape index (κ1) is 14.3. The second kappa shape index (κ2) is 7.50. The molecule has 1 N–H and O–H groups in total. The molecule has 0 aliphatic carbocycles. The molecule has 0 aliphatic heterocycles. The summed E-state index contributed by atoms with van der Waals surface area (Å²) >= 11 is 3.14. The number of nitrogens with one attached hydrogen (secondary N) is 1. The topological polar surface area (TPSA) is 51.5 Å². The zero-order valence-corrected chi connectivity index (χ0v) is 11.7. The summed E-state index contributed by atoms with van der Waals surface area (Å²) in [6, 6.07) is 3.31. The number of amides is 1. The fourth-order valence-corrected chi connectivity index (χ4v) is 1.49. The largest absolute Gasteiger partial charge is 0.444 e. The summed E-state index contributed by atoms with van der Waals surface area (Å²) in [6.45, 7) is 6.06. The van der Waals surface area contributed by atoms with Crippen molar-refractivity contribution in [2.75, 3.05) is 19.8 Å². The Morgan fingerprint density at radius 3 is 2.82 bits per heavy atom. The first-order valence-corrected chi connectivity index (χ1v) is 6.50. The van der Waals surface area contributed by atoms with Gasteiger partial charge in [-0.05, 0) is 40.4 Å². The van der Waals surface area contributed by atoms with E-state index in [1.54, 1.807) is 12.1 Å². The summed E-state index contributed by atoms with van der Waals surface area (Å²) in [4.78, 5) is 11.5. The second-order valence-corrected chi connectivity index (χ2v) is 4.94. The quantitative estimate of drug-likeness (QED) is 0.788. The van der Waals surface area contributed by atoms with E-state index in [9.17, 15) is 4.79 Å². The number of carbonyl (C=O) groups excluding carboxylic acids is 1. The van der Waals surface area contributed by atoms with E-state index in [1.165, 1.54) is 0 Å². The molecule has 0 aromatic carbocycles. The van der Waals surface area contributed by atoms with Crippen molar-refractivity contribution in [2.24, 2.45) is 5.92 Å². The molecule has 0 radical (unpaired) electrons. The van der Waals surface area contributed by atoms with Crippen LogP contribution in [0.25, 0.3) is 0 Å². The van der Waals surface area contributed by atoms with Crippen molar-refractivity contribution in [1.82, 2.24) is 5.32 Å². The number of hydrogen-bond acceptors (Lipinski definition) is 3. The Labute approximate surface area is 110 Å². The number of halogens is 1. The average Bonchev–Trinajstić information content (AvgIpc) is 2.69.